The Kier molecular flexibility index (Phi) is 3.54. The summed E-state index contributed by atoms with van der Waals surface area (Å²) >= 11 is 0. The Morgan fingerprint density at radius 3 is 2.90 bits per heavy atom. The first kappa shape index (κ1) is 13.6. The fraction of sp³-hybridized carbons (Fsp3) is 0.733. The maximum absolute atomic E-state index is 11.5. The molecule has 110 valence electrons. The van der Waals surface area contributed by atoms with E-state index in [9.17, 15) is 9.90 Å². The molecule has 0 spiro atoms. The molecule has 2 bridgehead atoms. The van der Waals surface area contributed by atoms with Crippen LogP contribution in [0.15, 0.2) is 12.4 Å². The topological polar surface area (TPSA) is 67.2 Å². The van der Waals surface area contributed by atoms with Crippen LogP contribution in [0.5, 0.6) is 0 Å². The molecule has 2 fully saturated rings. The molecule has 1 heterocycles. The van der Waals surface area contributed by atoms with Crippen LogP contribution >= 0.6 is 0 Å². The lowest BCUT2D eigenvalue weighted by Crippen LogP contribution is -2.43. The van der Waals surface area contributed by atoms with E-state index in [1.807, 2.05) is 17.1 Å². The van der Waals surface area contributed by atoms with Gasteiger partial charge in [-0.05, 0) is 44.9 Å². The second-order valence-electron chi connectivity index (χ2n) is 6.53. The first-order valence-corrected chi connectivity index (χ1v) is 7.55. The summed E-state index contributed by atoms with van der Waals surface area (Å²) in [5, 5.41) is 17.2. The standard InChI is InChI=1S/C15H23N3O2/c1-9(2)18-8-10(7-17-18)6-16-14-12-4-3-11(5-12)13(14)15(19)20/h7-9,11-14,16H,3-6H2,1-2H3,(H,19,20). The second-order valence-corrected chi connectivity index (χ2v) is 6.53. The van der Waals surface area contributed by atoms with Crippen molar-refractivity contribution in [2.24, 2.45) is 17.8 Å². The number of rotatable bonds is 5. The van der Waals surface area contributed by atoms with Gasteiger partial charge < -0.3 is 10.4 Å². The molecule has 2 aliphatic rings. The Morgan fingerprint density at radius 1 is 1.50 bits per heavy atom. The first-order valence-electron chi connectivity index (χ1n) is 7.55. The number of carboxylic acids is 1. The van der Waals surface area contributed by atoms with Crippen molar-refractivity contribution >= 4 is 5.97 Å². The van der Waals surface area contributed by atoms with E-state index in [1.54, 1.807) is 0 Å². The smallest absolute Gasteiger partial charge is 0.308 e. The number of aliphatic carboxylic acids is 1. The summed E-state index contributed by atoms with van der Waals surface area (Å²) in [6.07, 6.45) is 7.26. The van der Waals surface area contributed by atoms with Crippen molar-refractivity contribution in [2.75, 3.05) is 0 Å². The quantitative estimate of drug-likeness (QED) is 0.864. The van der Waals surface area contributed by atoms with E-state index in [1.165, 1.54) is 6.42 Å². The van der Waals surface area contributed by atoms with Gasteiger partial charge in [0.15, 0.2) is 0 Å². The molecule has 2 saturated carbocycles. The van der Waals surface area contributed by atoms with Gasteiger partial charge in [-0.1, -0.05) is 0 Å². The van der Waals surface area contributed by atoms with E-state index in [0.717, 1.165) is 18.4 Å². The van der Waals surface area contributed by atoms with Crippen molar-refractivity contribution in [3.63, 3.8) is 0 Å². The van der Waals surface area contributed by atoms with Gasteiger partial charge in [0.2, 0.25) is 0 Å². The minimum atomic E-state index is -0.632. The molecule has 4 unspecified atom stereocenters. The summed E-state index contributed by atoms with van der Waals surface area (Å²) in [6.45, 7) is 4.91. The molecule has 5 heteroatoms. The minimum Gasteiger partial charge on any atom is -0.481 e. The van der Waals surface area contributed by atoms with Crippen LogP contribution in [0.4, 0.5) is 0 Å². The third-order valence-corrected chi connectivity index (χ3v) is 4.93. The molecular formula is C15H23N3O2. The van der Waals surface area contributed by atoms with Crippen LogP contribution in [0.1, 0.15) is 44.7 Å². The number of hydrogen-bond acceptors (Lipinski definition) is 3. The summed E-state index contributed by atoms with van der Waals surface area (Å²) < 4.78 is 1.94. The third kappa shape index (κ3) is 2.35. The largest absolute Gasteiger partial charge is 0.481 e. The van der Waals surface area contributed by atoms with Crippen LogP contribution in [0.3, 0.4) is 0 Å². The predicted octanol–water partition coefficient (Wildman–Crippen LogP) is 2.05. The van der Waals surface area contributed by atoms with Crippen molar-refractivity contribution in [3.05, 3.63) is 18.0 Å². The monoisotopic (exact) mass is 277 g/mol. The van der Waals surface area contributed by atoms with E-state index in [4.69, 9.17) is 0 Å². The first-order chi connectivity index (χ1) is 9.56. The summed E-state index contributed by atoms with van der Waals surface area (Å²) in [5.74, 6) is 0.0936. The molecule has 0 aliphatic heterocycles. The van der Waals surface area contributed by atoms with E-state index < -0.39 is 5.97 Å². The van der Waals surface area contributed by atoms with Gasteiger partial charge in [-0.3, -0.25) is 9.48 Å². The minimum absolute atomic E-state index is 0.133. The summed E-state index contributed by atoms with van der Waals surface area (Å²) in [6, 6.07) is 0.492. The number of aromatic nitrogens is 2. The van der Waals surface area contributed by atoms with Gasteiger partial charge in [-0.2, -0.15) is 5.10 Å². The average molecular weight is 277 g/mol. The van der Waals surface area contributed by atoms with Crippen molar-refractivity contribution < 1.29 is 9.90 Å². The van der Waals surface area contributed by atoms with Gasteiger partial charge in [0.25, 0.3) is 0 Å². The Bertz CT molecular complexity index is 497. The molecule has 5 nitrogen and oxygen atoms in total. The lowest BCUT2D eigenvalue weighted by atomic mass is 9.84. The van der Waals surface area contributed by atoms with E-state index in [2.05, 4.69) is 24.3 Å². The van der Waals surface area contributed by atoms with Gasteiger partial charge in [-0.15, -0.1) is 0 Å². The fourth-order valence-corrected chi connectivity index (χ4v) is 3.93. The zero-order chi connectivity index (χ0) is 14.3. The third-order valence-electron chi connectivity index (χ3n) is 4.93. The lowest BCUT2D eigenvalue weighted by Gasteiger charge is -2.28. The van der Waals surface area contributed by atoms with Crippen molar-refractivity contribution in [1.82, 2.24) is 15.1 Å². The van der Waals surface area contributed by atoms with Crippen LogP contribution < -0.4 is 5.32 Å². The molecule has 1 aromatic rings. The molecule has 0 aromatic carbocycles. The number of carboxylic acid groups (broad SMARTS) is 1. The Morgan fingerprint density at radius 2 is 2.25 bits per heavy atom. The number of hydrogen-bond donors (Lipinski definition) is 2. The van der Waals surface area contributed by atoms with Crippen LogP contribution in [0.25, 0.3) is 0 Å². The van der Waals surface area contributed by atoms with Crippen molar-refractivity contribution in [2.45, 2.75) is 51.7 Å². The van der Waals surface area contributed by atoms with Gasteiger partial charge in [0.1, 0.15) is 0 Å². The van der Waals surface area contributed by atoms with Crippen LogP contribution in [-0.4, -0.2) is 26.9 Å². The molecular weight excluding hydrogens is 254 g/mol. The van der Waals surface area contributed by atoms with Crippen LogP contribution in [0.2, 0.25) is 0 Å². The number of nitrogens with one attached hydrogen (secondary N) is 1. The van der Waals surface area contributed by atoms with E-state index in [0.29, 0.717) is 24.4 Å². The molecule has 20 heavy (non-hydrogen) atoms. The van der Waals surface area contributed by atoms with Gasteiger partial charge in [-0.25, -0.2) is 0 Å². The number of fused-ring (bicyclic) bond motifs is 2. The highest BCUT2D eigenvalue weighted by atomic mass is 16.4. The Hall–Kier alpha value is -1.36. The maximum atomic E-state index is 11.5. The maximum Gasteiger partial charge on any atom is 0.308 e. The van der Waals surface area contributed by atoms with Crippen LogP contribution in [-0.2, 0) is 11.3 Å². The van der Waals surface area contributed by atoms with Gasteiger partial charge in [0, 0.05) is 30.4 Å². The van der Waals surface area contributed by atoms with Crippen molar-refractivity contribution in [3.8, 4) is 0 Å². The molecule has 0 amide bonds. The summed E-state index contributed by atoms with van der Waals surface area (Å²) in [4.78, 5) is 11.5. The predicted molar refractivity (Wildman–Crippen MR) is 75.2 cm³/mol. The van der Waals surface area contributed by atoms with Gasteiger partial charge >= 0.3 is 5.97 Å². The highest BCUT2D eigenvalue weighted by molar-refractivity contribution is 5.72. The lowest BCUT2D eigenvalue weighted by molar-refractivity contribution is -0.144. The zero-order valence-electron chi connectivity index (χ0n) is 12.1. The summed E-state index contributed by atoms with van der Waals surface area (Å²) in [5.41, 5.74) is 1.13. The summed E-state index contributed by atoms with van der Waals surface area (Å²) in [7, 11) is 0. The molecule has 4 atom stereocenters. The SMILES string of the molecule is CC(C)n1cc(CNC2C3CCC(C3)C2C(=O)O)cn1. The molecule has 2 aliphatic carbocycles. The highest BCUT2D eigenvalue weighted by Gasteiger charge is 2.50. The zero-order valence-corrected chi connectivity index (χ0v) is 12.1. The molecule has 0 radical (unpaired) electrons. The molecule has 3 rings (SSSR count). The second kappa shape index (κ2) is 5.20. The normalized spacial score (nSPS) is 32.1. The number of nitrogens with zero attached hydrogens (tertiary/aromatic N) is 2. The Balaban J connectivity index is 1.63. The average Bonchev–Trinajstić information content (AvgIpc) is 3.10. The van der Waals surface area contributed by atoms with Crippen LogP contribution in [0, 0.1) is 17.8 Å². The van der Waals surface area contributed by atoms with E-state index in [-0.39, 0.29) is 12.0 Å². The van der Waals surface area contributed by atoms with Gasteiger partial charge in [0.05, 0.1) is 12.1 Å². The Labute approximate surface area is 119 Å². The molecule has 0 saturated heterocycles. The highest BCUT2D eigenvalue weighted by Crippen LogP contribution is 2.48. The fourth-order valence-electron chi connectivity index (χ4n) is 3.93. The van der Waals surface area contributed by atoms with Crippen molar-refractivity contribution in [1.29, 1.82) is 0 Å². The molecule has 2 N–H and O–H groups in total. The number of carbonyl (C=O) groups is 1. The van der Waals surface area contributed by atoms with E-state index >= 15 is 0 Å². The molecule has 1 aromatic heterocycles.